The van der Waals surface area contributed by atoms with Gasteiger partial charge in [-0.05, 0) is 49.4 Å². The normalized spacial score (nSPS) is 11.2. The van der Waals surface area contributed by atoms with Gasteiger partial charge in [-0.15, -0.1) is 0 Å². The number of benzene rings is 2. The maximum Gasteiger partial charge on any atom is 0.267 e. The van der Waals surface area contributed by atoms with Gasteiger partial charge in [0.2, 0.25) is 0 Å². The summed E-state index contributed by atoms with van der Waals surface area (Å²) in [5.74, 6) is 0.0115. The predicted octanol–water partition coefficient (Wildman–Crippen LogP) is 5.08. The van der Waals surface area contributed by atoms with Gasteiger partial charge >= 0.3 is 0 Å². The fourth-order valence-electron chi connectivity index (χ4n) is 2.60. The third-order valence-electron chi connectivity index (χ3n) is 4.14. The standard InChI is InChI=1S/C22H18Cl2N2O3/c1-13-3-5-14(6-4-13)21(27)26-19(22(28)25-2)12-16-8-10-20(29-16)17-11-15(23)7-9-18(17)24/h3-12H,1-2H3,(H,25,28)(H,26,27)/b19-12-. The molecule has 0 spiro atoms. The van der Waals surface area contributed by atoms with Crippen LogP contribution < -0.4 is 10.6 Å². The van der Waals surface area contributed by atoms with Gasteiger partial charge in [0.05, 0.1) is 5.02 Å². The Morgan fingerprint density at radius 2 is 1.72 bits per heavy atom. The summed E-state index contributed by atoms with van der Waals surface area (Å²) >= 11 is 12.2. The quantitative estimate of drug-likeness (QED) is 0.556. The van der Waals surface area contributed by atoms with Gasteiger partial charge in [-0.3, -0.25) is 9.59 Å². The van der Waals surface area contributed by atoms with Crippen molar-refractivity contribution in [1.29, 1.82) is 0 Å². The van der Waals surface area contributed by atoms with E-state index in [1.165, 1.54) is 13.1 Å². The Kier molecular flexibility index (Phi) is 6.42. The van der Waals surface area contributed by atoms with Crippen molar-refractivity contribution in [2.45, 2.75) is 6.92 Å². The van der Waals surface area contributed by atoms with Crippen molar-refractivity contribution in [3.63, 3.8) is 0 Å². The van der Waals surface area contributed by atoms with Crippen LogP contribution in [0, 0.1) is 6.92 Å². The zero-order valence-electron chi connectivity index (χ0n) is 15.8. The summed E-state index contributed by atoms with van der Waals surface area (Å²) in [5, 5.41) is 6.14. The van der Waals surface area contributed by atoms with Crippen LogP contribution in [0.3, 0.4) is 0 Å². The molecule has 0 aliphatic rings. The molecule has 0 unspecified atom stereocenters. The number of hydrogen-bond donors (Lipinski definition) is 2. The number of carbonyl (C=O) groups is 2. The van der Waals surface area contributed by atoms with Crippen LogP contribution in [0.15, 0.2) is 64.7 Å². The molecule has 2 N–H and O–H groups in total. The number of amides is 2. The lowest BCUT2D eigenvalue weighted by atomic mass is 10.1. The van der Waals surface area contributed by atoms with E-state index in [1.807, 2.05) is 19.1 Å². The molecule has 5 nitrogen and oxygen atoms in total. The lowest BCUT2D eigenvalue weighted by Crippen LogP contribution is -2.33. The van der Waals surface area contributed by atoms with Gasteiger partial charge in [-0.25, -0.2) is 0 Å². The van der Waals surface area contributed by atoms with E-state index in [4.69, 9.17) is 27.6 Å². The Labute approximate surface area is 178 Å². The molecule has 0 aliphatic carbocycles. The smallest absolute Gasteiger partial charge is 0.267 e. The van der Waals surface area contributed by atoms with Crippen LogP contribution in [0.2, 0.25) is 10.0 Å². The summed E-state index contributed by atoms with van der Waals surface area (Å²) in [6.45, 7) is 1.93. The molecule has 0 atom stereocenters. The number of hydrogen-bond acceptors (Lipinski definition) is 3. The molecule has 0 bridgehead atoms. The summed E-state index contributed by atoms with van der Waals surface area (Å²) in [6.07, 6.45) is 1.45. The highest BCUT2D eigenvalue weighted by Crippen LogP contribution is 2.32. The molecule has 0 fully saturated rings. The lowest BCUT2D eigenvalue weighted by molar-refractivity contribution is -0.117. The maximum atomic E-state index is 12.5. The summed E-state index contributed by atoms with van der Waals surface area (Å²) in [7, 11) is 1.48. The molecular weight excluding hydrogens is 411 g/mol. The SMILES string of the molecule is CNC(=O)/C(=C/c1ccc(-c2cc(Cl)ccc2Cl)o1)NC(=O)c1ccc(C)cc1. The largest absolute Gasteiger partial charge is 0.457 e. The lowest BCUT2D eigenvalue weighted by Gasteiger charge is -2.08. The average molecular weight is 429 g/mol. The minimum Gasteiger partial charge on any atom is -0.457 e. The molecule has 2 aromatic carbocycles. The molecule has 1 heterocycles. The van der Waals surface area contributed by atoms with Gasteiger partial charge in [0.25, 0.3) is 11.8 Å². The van der Waals surface area contributed by atoms with Gasteiger partial charge in [0.1, 0.15) is 17.2 Å². The average Bonchev–Trinajstić information content (AvgIpc) is 3.17. The Balaban J connectivity index is 1.88. The Morgan fingerprint density at radius 1 is 1.00 bits per heavy atom. The summed E-state index contributed by atoms with van der Waals surface area (Å²) in [6, 6.07) is 15.5. The number of rotatable bonds is 5. The summed E-state index contributed by atoms with van der Waals surface area (Å²) < 4.78 is 5.78. The van der Waals surface area contributed by atoms with Crippen LogP contribution in [0.4, 0.5) is 0 Å². The second-order valence-corrected chi connectivity index (χ2v) is 7.13. The monoisotopic (exact) mass is 428 g/mol. The molecule has 0 aliphatic heterocycles. The third-order valence-corrected chi connectivity index (χ3v) is 4.71. The summed E-state index contributed by atoms with van der Waals surface area (Å²) in [5.41, 5.74) is 2.16. The molecule has 1 aromatic heterocycles. The van der Waals surface area contributed by atoms with Crippen molar-refractivity contribution < 1.29 is 14.0 Å². The number of aryl methyl sites for hydroxylation is 1. The van der Waals surface area contributed by atoms with Crippen LogP contribution in [-0.4, -0.2) is 18.9 Å². The van der Waals surface area contributed by atoms with Gasteiger partial charge in [-0.2, -0.15) is 0 Å². The van der Waals surface area contributed by atoms with Crippen LogP contribution in [0.25, 0.3) is 17.4 Å². The van der Waals surface area contributed by atoms with Crippen molar-refractivity contribution in [2.75, 3.05) is 7.05 Å². The fraction of sp³-hybridized carbons (Fsp3) is 0.0909. The highest BCUT2D eigenvalue weighted by atomic mass is 35.5. The fourth-order valence-corrected chi connectivity index (χ4v) is 2.98. The van der Waals surface area contributed by atoms with Crippen molar-refractivity contribution in [3.05, 3.63) is 87.2 Å². The Hall–Kier alpha value is -3.02. The molecule has 0 saturated heterocycles. The zero-order chi connectivity index (χ0) is 21.0. The number of furan rings is 1. The van der Waals surface area contributed by atoms with Gasteiger partial charge in [0.15, 0.2) is 0 Å². The van der Waals surface area contributed by atoms with E-state index >= 15 is 0 Å². The molecule has 3 rings (SSSR count). The van der Waals surface area contributed by atoms with Crippen molar-refractivity contribution in [3.8, 4) is 11.3 Å². The molecule has 7 heteroatoms. The molecular formula is C22H18Cl2N2O3. The Morgan fingerprint density at radius 3 is 2.41 bits per heavy atom. The Bertz CT molecular complexity index is 1090. The van der Waals surface area contributed by atoms with E-state index in [0.29, 0.717) is 32.7 Å². The van der Waals surface area contributed by atoms with E-state index in [0.717, 1.165) is 5.56 Å². The number of nitrogens with one attached hydrogen (secondary N) is 2. The van der Waals surface area contributed by atoms with Gasteiger partial charge < -0.3 is 15.1 Å². The molecule has 148 valence electrons. The van der Waals surface area contributed by atoms with E-state index < -0.39 is 11.8 Å². The van der Waals surface area contributed by atoms with Crippen molar-refractivity contribution in [2.24, 2.45) is 0 Å². The number of carbonyl (C=O) groups excluding carboxylic acids is 2. The predicted molar refractivity (Wildman–Crippen MR) is 115 cm³/mol. The van der Waals surface area contributed by atoms with Crippen LogP contribution in [0.1, 0.15) is 21.7 Å². The highest BCUT2D eigenvalue weighted by molar-refractivity contribution is 6.35. The second-order valence-electron chi connectivity index (χ2n) is 6.28. The maximum absolute atomic E-state index is 12.5. The second kappa shape index (κ2) is 8.99. The number of likely N-dealkylation sites (N-methyl/N-ethyl adjacent to an activating group) is 1. The van der Waals surface area contributed by atoms with Gasteiger partial charge in [-0.1, -0.05) is 40.9 Å². The molecule has 29 heavy (non-hydrogen) atoms. The van der Waals surface area contributed by atoms with E-state index in [-0.39, 0.29) is 5.70 Å². The first kappa shape index (κ1) is 20.7. The zero-order valence-corrected chi connectivity index (χ0v) is 17.3. The number of halogens is 2. The summed E-state index contributed by atoms with van der Waals surface area (Å²) in [4.78, 5) is 24.7. The van der Waals surface area contributed by atoms with E-state index in [1.54, 1.807) is 42.5 Å². The van der Waals surface area contributed by atoms with E-state index in [9.17, 15) is 9.59 Å². The first-order valence-corrected chi connectivity index (χ1v) is 9.50. The first-order chi connectivity index (χ1) is 13.9. The first-order valence-electron chi connectivity index (χ1n) is 8.74. The molecule has 3 aromatic rings. The molecule has 0 saturated carbocycles. The van der Waals surface area contributed by atoms with E-state index in [2.05, 4.69) is 10.6 Å². The van der Waals surface area contributed by atoms with Crippen molar-refractivity contribution in [1.82, 2.24) is 10.6 Å². The topological polar surface area (TPSA) is 71.3 Å². The highest BCUT2D eigenvalue weighted by Gasteiger charge is 2.15. The molecule has 2 amide bonds. The van der Waals surface area contributed by atoms with Crippen LogP contribution in [0.5, 0.6) is 0 Å². The van der Waals surface area contributed by atoms with Crippen molar-refractivity contribution >= 4 is 41.1 Å². The van der Waals surface area contributed by atoms with Crippen LogP contribution in [-0.2, 0) is 4.79 Å². The third kappa shape index (κ3) is 5.08. The van der Waals surface area contributed by atoms with Gasteiger partial charge in [0, 0.05) is 29.3 Å². The minimum atomic E-state index is -0.454. The minimum absolute atomic E-state index is 0.0520. The molecule has 0 radical (unpaired) electrons. The van der Waals surface area contributed by atoms with Crippen LogP contribution >= 0.6 is 23.2 Å².